The van der Waals surface area contributed by atoms with Gasteiger partial charge in [0.2, 0.25) is 0 Å². The molecular formula is C11H13N3S. The fourth-order valence-corrected chi connectivity index (χ4v) is 2.18. The first kappa shape index (κ1) is 10.3. The Kier molecular flexibility index (Phi) is 3.42. The Hall–Kier alpha value is -1.26. The number of hydrogen-bond donors (Lipinski definition) is 1. The Labute approximate surface area is 93.0 Å². The Balaban J connectivity index is 1.90. The summed E-state index contributed by atoms with van der Waals surface area (Å²) in [6, 6.07) is 4.17. The lowest BCUT2D eigenvalue weighted by Crippen LogP contribution is -2.25. The Morgan fingerprint density at radius 2 is 2.00 bits per heavy atom. The smallest absolute Gasteiger partial charge is 0.0794 e. The van der Waals surface area contributed by atoms with Crippen molar-refractivity contribution in [3.8, 4) is 0 Å². The molecule has 2 aromatic heterocycles. The van der Waals surface area contributed by atoms with Crippen LogP contribution >= 0.6 is 11.3 Å². The maximum atomic E-state index is 6.06. The molecule has 0 spiro atoms. The number of nitrogens with two attached hydrogens (primary N) is 1. The molecule has 1 atom stereocenters. The fraction of sp³-hybridized carbons (Fsp3) is 0.273. The molecule has 2 aromatic rings. The molecule has 15 heavy (non-hydrogen) atoms. The standard InChI is InChI=1S/C11H13N3S/c12-10(6-11-7-14-8-15-11)5-9-1-3-13-4-2-9/h1-4,7-8,10H,5-6,12H2. The molecule has 3 nitrogen and oxygen atoms in total. The highest BCUT2D eigenvalue weighted by molar-refractivity contribution is 7.09. The molecule has 4 heteroatoms. The molecule has 0 saturated carbocycles. The third kappa shape index (κ3) is 3.11. The largest absolute Gasteiger partial charge is 0.327 e. The average Bonchev–Trinajstić information content (AvgIpc) is 2.71. The minimum absolute atomic E-state index is 0.160. The van der Waals surface area contributed by atoms with Crippen LogP contribution in [0.5, 0.6) is 0 Å². The van der Waals surface area contributed by atoms with Gasteiger partial charge in [0, 0.05) is 29.5 Å². The molecule has 2 rings (SSSR count). The van der Waals surface area contributed by atoms with E-state index in [0.717, 1.165) is 12.8 Å². The van der Waals surface area contributed by atoms with Crippen LogP contribution in [0, 0.1) is 0 Å². The summed E-state index contributed by atoms with van der Waals surface area (Å²) in [6.07, 6.45) is 7.27. The number of rotatable bonds is 4. The first-order valence-electron chi connectivity index (χ1n) is 4.86. The molecular weight excluding hydrogens is 206 g/mol. The number of aromatic nitrogens is 2. The summed E-state index contributed by atoms with van der Waals surface area (Å²) < 4.78 is 0. The molecule has 0 aliphatic heterocycles. The third-order valence-electron chi connectivity index (χ3n) is 2.19. The van der Waals surface area contributed by atoms with E-state index < -0.39 is 0 Å². The van der Waals surface area contributed by atoms with Gasteiger partial charge in [-0.2, -0.15) is 0 Å². The van der Waals surface area contributed by atoms with Crippen molar-refractivity contribution in [3.05, 3.63) is 46.7 Å². The summed E-state index contributed by atoms with van der Waals surface area (Å²) in [7, 11) is 0. The van der Waals surface area contributed by atoms with Gasteiger partial charge in [-0.1, -0.05) is 0 Å². The van der Waals surface area contributed by atoms with E-state index in [0.29, 0.717) is 0 Å². The summed E-state index contributed by atoms with van der Waals surface area (Å²) in [4.78, 5) is 9.26. The van der Waals surface area contributed by atoms with Crippen LogP contribution in [-0.4, -0.2) is 16.0 Å². The Bertz CT molecular complexity index is 385. The Morgan fingerprint density at radius 1 is 1.20 bits per heavy atom. The molecule has 0 aromatic carbocycles. The predicted molar refractivity (Wildman–Crippen MR) is 61.7 cm³/mol. The van der Waals surface area contributed by atoms with Crippen LogP contribution in [0.25, 0.3) is 0 Å². The molecule has 2 heterocycles. The summed E-state index contributed by atoms with van der Waals surface area (Å²) in [5, 5.41) is 0. The first-order chi connectivity index (χ1) is 7.34. The van der Waals surface area contributed by atoms with Gasteiger partial charge < -0.3 is 5.73 Å². The Morgan fingerprint density at radius 3 is 2.67 bits per heavy atom. The minimum Gasteiger partial charge on any atom is -0.327 e. The van der Waals surface area contributed by atoms with Crippen LogP contribution in [0.15, 0.2) is 36.2 Å². The molecule has 0 aliphatic carbocycles. The van der Waals surface area contributed by atoms with Crippen LogP contribution in [0.1, 0.15) is 10.4 Å². The molecule has 0 amide bonds. The highest BCUT2D eigenvalue weighted by atomic mass is 32.1. The van der Waals surface area contributed by atoms with Gasteiger partial charge in [-0.3, -0.25) is 9.97 Å². The van der Waals surface area contributed by atoms with Crippen LogP contribution in [0.4, 0.5) is 0 Å². The predicted octanol–water partition coefficient (Wildman–Crippen LogP) is 1.65. The highest BCUT2D eigenvalue weighted by Crippen LogP contribution is 2.10. The van der Waals surface area contributed by atoms with Crippen molar-refractivity contribution in [2.24, 2.45) is 5.73 Å². The molecule has 2 N–H and O–H groups in total. The van der Waals surface area contributed by atoms with Crippen molar-refractivity contribution < 1.29 is 0 Å². The van der Waals surface area contributed by atoms with Crippen LogP contribution in [0.2, 0.25) is 0 Å². The molecule has 1 unspecified atom stereocenters. The maximum absolute atomic E-state index is 6.06. The van der Waals surface area contributed by atoms with Crippen molar-refractivity contribution in [1.82, 2.24) is 9.97 Å². The van der Waals surface area contributed by atoms with Crippen molar-refractivity contribution in [2.75, 3.05) is 0 Å². The number of nitrogens with zero attached hydrogens (tertiary/aromatic N) is 2. The van der Waals surface area contributed by atoms with E-state index in [1.54, 1.807) is 23.7 Å². The summed E-state index contributed by atoms with van der Waals surface area (Å²) >= 11 is 1.66. The quantitative estimate of drug-likeness (QED) is 0.850. The van der Waals surface area contributed by atoms with Crippen molar-refractivity contribution in [1.29, 1.82) is 0 Å². The van der Waals surface area contributed by atoms with E-state index in [1.165, 1.54) is 10.4 Å². The summed E-state index contributed by atoms with van der Waals surface area (Å²) in [5.41, 5.74) is 9.14. The number of hydrogen-bond acceptors (Lipinski definition) is 4. The van der Waals surface area contributed by atoms with Crippen molar-refractivity contribution in [3.63, 3.8) is 0 Å². The van der Waals surface area contributed by atoms with Crippen LogP contribution in [0.3, 0.4) is 0 Å². The highest BCUT2D eigenvalue weighted by Gasteiger charge is 2.06. The van der Waals surface area contributed by atoms with Crippen molar-refractivity contribution in [2.45, 2.75) is 18.9 Å². The second kappa shape index (κ2) is 5.00. The summed E-state index contributed by atoms with van der Waals surface area (Å²) in [6.45, 7) is 0. The van der Waals surface area contributed by atoms with Gasteiger partial charge in [-0.05, 0) is 30.5 Å². The molecule has 0 saturated heterocycles. The van der Waals surface area contributed by atoms with Gasteiger partial charge >= 0.3 is 0 Å². The van der Waals surface area contributed by atoms with E-state index in [9.17, 15) is 0 Å². The SMILES string of the molecule is NC(Cc1ccncc1)Cc1cncs1. The number of thiazole rings is 1. The fourth-order valence-electron chi connectivity index (χ4n) is 1.50. The first-order valence-corrected chi connectivity index (χ1v) is 5.74. The van der Waals surface area contributed by atoms with E-state index in [1.807, 2.05) is 23.8 Å². The maximum Gasteiger partial charge on any atom is 0.0794 e. The minimum atomic E-state index is 0.160. The topological polar surface area (TPSA) is 51.8 Å². The molecule has 0 bridgehead atoms. The average molecular weight is 219 g/mol. The monoisotopic (exact) mass is 219 g/mol. The third-order valence-corrected chi connectivity index (χ3v) is 3.00. The normalized spacial score (nSPS) is 12.6. The van der Waals surface area contributed by atoms with Gasteiger partial charge in [0.15, 0.2) is 0 Å². The van der Waals surface area contributed by atoms with Gasteiger partial charge in [-0.15, -0.1) is 11.3 Å². The lowest BCUT2D eigenvalue weighted by atomic mass is 10.1. The lowest BCUT2D eigenvalue weighted by Gasteiger charge is -2.09. The van der Waals surface area contributed by atoms with Gasteiger partial charge in [-0.25, -0.2) is 0 Å². The van der Waals surface area contributed by atoms with E-state index in [-0.39, 0.29) is 6.04 Å². The second-order valence-corrected chi connectivity index (χ2v) is 4.46. The van der Waals surface area contributed by atoms with Crippen molar-refractivity contribution >= 4 is 11.3 Å². The summed E-state index contributed by atoms with van der Waals surface area (Å²) in [5.74, 6) is 0. The molecule has 78 valence electrons. The lowest BCUT2D eigenvalue weighted by molar-refractivity contribution is 0.669. The molecule has 0 fully saturated rings. The molecule has 0 aliphatic rings. The van der Waals surface area contributed by atoms with Gasteiger partial charge in [0.1, 0.15) is 0 Å². The zero-order chi connectivity index (χ0) is 10.5. The second-order valence-electron chi connectivity index (χ2n) is 3.49. The van der Waals surface area contributed by atoms with E-state index in [4.69, 9.17) is 5.73 Å². The van der Waals surface area contributed by atoms with E-state index in [2.05, 4.69) is 9.97 Å². The zero-order valence-electron chi connectivity index (χ0n) is 8.34. The van der Waals surface area contributed by atoms with E-state index >= 15 is 0 Å². The van der Waals surface area contributed by atoms with Gasteiger partial charge in [0.25, 0.3) is 0 Å². The van der Waals surface area contributed by atoms with Gasteiger partial charge in [0.05, 0.1) is 5.51 Å². The van der Waals surface area contributed by atoms with Crippen LogP contribution < -0.4 is 5.73 Å². The van der Waals surface area contributed by atoms with Crippen LogP contribution in [-0.2, 0) is 12.8 Å². The zero-order valence-corrected chi connectivity index (χ0v) is 9.15. The molecule has 0 radical (unpaired) electrons. The number of pyridine rings is 1.